The number of hydrogen-bond acceptors (Lipinski definition) is 4. The molecule has 4 nitrogen and oxygen atoms in total. The van der Waals surface area contributed by atoms with Gasteiger partial charge < -0.3 is 9.30 Å². The van der Waals surface area contributed by atoms with Crippen LogP contribution in [0.25, 0.3) is 0 Å². The van der Waals surface area contributed by atoms with Gasteiger partial charge in [-0.3, -0.25) is 0 Å². The van der Waals surface area contributed by atoms with Gasteiger partial charge in [0.15, 0.2) is 5.69 Å². The van der Waals surface area contributed by atoms with Crippen molar-refractivity contribution in [2.24, 2.45) is 0 Å². The highest BCUT2D eigenvalue weighted by Gasteiger charge is 2.39. The van der Waals surface area contributed by atoms with Crippen LogP contribution < -0.4 is 0 Å². The van der Waals surface area contributed by atoms with E-state index in [1.807, 2.05) is 36.4 Å². The van der Waals surface area contributed by atoms with Crippen molar-refractivity contribution in [3.8, 4) is 6.07 Å². The molecule has 0 amide bonds. The van der Waals surface area contributed by atoms with Gasteiger partial charge in [0.2, 0.25) is 0 Å². The van der Waals surface area contributed by atoms with Crippen LogP contribution in [-0.4, -0.2) is 9.55 Å². The van der Waals surface area contributed by atoms with Crippen molar-refractivity contribution in [3.63, 3.8) is 0 Å². The quantitative estimate of drug-likeness (QED) is 0.422. The molecule has 0 N–H and O–H groups in total. The zero-order chi connectivity index (χ0) is 21.7. The van der Waals surface area contributed by atoms with Crippen LogP contribution in [0.3, 0.4) is 0 Å². The van der Waals surface area contributed by atoms with Gasteiger partial charge in [-0.15, -0.1) is 0 Å². The highest BCUT2D eigenvalue weighted by Crippen LogP contribution is 2.43. The topological polar surface area (TPSA) is 50.8 Å². The van der Waals surface area contributed by atoms with Crippen molar-refractivity contribution in [2.45, 2.75) is 42.8 Å². The first-order valence-electron chi connectivity index (χ1n) is 8.99. The fourth-order valence-electron chi connectivity index (χ4n) is 2.84. The highest BCUT2D eigenvalue weighted by molar-refractivity contribution is 7.99. The van der Waals surface area contributed by atoms with Gasteiger partial charge in [-0.25, -0.2) is 4.98 Å². The van der Waals surface area contributed by atoms with Gasteiger partial charge in [0.25, 0.3) is 0 Å². The Morgan fingerprint density at radius 3 is 2.50 bits per heavy atom. The Labute approximate surface area is 181 Å². The Bertz CT molecular complexity index is 1060. The van der Waals surface area contributed by atoms with Crippen LogP contribution in [0.4, 0.5) is 13.2 Å². The van der Waals surface area contributed by atoms with Crippen molar-refractivity contribution < 1.29 is 17.9 Å². The van der Waals surface area contributed by atoms with E-state index in [-0.39, 0.29) is 46.1 Å². The predicted octanol–water partition coefficient (Wildman–Crippen LogP) is 6.31. The molecule has 30 heavy (non-hydrogen) atoms. The first kappa shape index (κ1) is 22.2. The number of imidazole rings is 1. The fraction of sp³-hybridized carbons (Fsp3) is 0.238. The molecule has 0 bridgehead atoms. The Morgan fingerprint density at radius 1 is 1.13 bits per heavy atom. The molecule has 0 saturated heterocycles. The van der Waals surface area contributed by atoms with Gasteiger partial charge >= 0.3 is 6.18 Å². The standard InChI is InChI=1S/C21H17ClF3N3OS/c1-2-28-17(13-29-12-14-7-4-3-5-8-14)27-19(21(23,24)25)20(28)30-18-15(11-26)9-6-10-16(18)22/h3-10H,2,12-13H2,1H3. The van der Waals surface area contributed by atoms with Gasteiger partial charge in [-0.05, 0) is 24.6 Å². The number of nitrogens with zero attached hydrogens (tertiary/aromatic N) is 3. The second-order valence-corrected chi connectivity index (χ2v) is 7.64. The van der Waals surface area contributed by atoms with E-state index in [1.54, 1.807) is 13.0 Å². The fourth-order valence-corrected chi connectivity index (χ4v) is 4.31. The van der Waals surface area contributed by atoms with Gasteiger partial charge in [0, 0.05) is 6.54 Å². The summed E-state index contributed by atoms with van der Waals surface area (Å²) >= 11 is 6.96. The molecule has 0 atom stereocenters. The summed E-state index contributed by atoms with van der Waals surface area (Å²) in [6.07, 6.45) is -4.66. The SMILES string of the molecule is CCn1c(COCc2ccccc2)nc(C(F)(F)F)c1Sc1c(Cl)cccc1C#N. The normalized spacial score (nSPS) is 11.5. The summed E-state index contributed by atoms with van der Waals surface area (Å²) in [4.78, 5) is 4.09. The van der Waals surface area contributed by atoms with Gasteiger partial charge in [0.1, 0.15) is 23.5 Å². The molecule has 0 radical (unpaired) electrons. The number of nitriles is 1. The average molecular weight is 452 g/mol. The van der Waals surface area contributed by atoms with Crippen LogP contribution in [0.15, 0.2) is 58.5 Å². The van der Waals surface area contributed by atoms with Crippen LogP contribution in [0, 0.1) is 11.3 Å². The lowest BCUT2D eigenvalue weighted by Gasteiger charge is -2.13. The largest absolute Gasteiger partial charge is 0.436 e. The van der Waals surface area contributed by atoms with Crippen LogP contribution in [0.1, 0.15) is 29.6 Å². The van der Waals surface area contributed by atoms with E-state index in [0.29, 0.717) is 0 Å². The summed E-state index contributed by atoms with van der Waals surface area (Å²) in [7, 11) is 0. The summed E-state index contributed by atoms with van der Waals surface area (Å²) in [5, 5.41) is 9.41. The summed E-state index contributed by atoms with van der Waals surface area (Å²) in [6.45, 7) is 2.15. The molecule has 9 heteroatoms. The summed E-state index contributed by atoms with van der Waals surface area (Å²) < 4.78 is 48.2. The van der Waals surface area contributed by atoms with E-state index in [1.165, 1.54) is 16.7 Å². The van der Waals surface area contributed by atoms with E-state index < -0.39 is 11.9 Å². The number of benzene rings is 2. The monoisotopic (exact) mass is 451 g/mol. The second-order valence-electron chi connectivity index (χ2n) is 6.23. The van der Waals surface area contributed by atoms with Crippen molar-refractivity contribution in [2.75, 3.05) is 0 Å². The molecule has 1 heterocycles. The Balaban J connectivity index is 1.95. The average Bonchev–Trinajstić information content (AvgIpc) is 3.08. The van der Waals surface area contributed by atoms with E-state index in [0.717, 1.165) is 17.3 Å². The lowest BCUT2D eigenvalue weighted by molar-refractivity contribution is -0.143. The van der Waals surface area contributed by atoms with Crippen LogP contribution >= 0.6 is 23.4 Å². The summed E-state index contributed by atoms with van der Waals surface area (Å²) in [6, 6.07) is 15.9. The highest BCUT2D eigenvalue weighted by atomic mass is 35.5. The first-order valence-corrected chi connectivity index (χ1v) is 10.2. The third-order valence-corrected chi connectivity index (χ3v) is 5.89. The molecule has 3 rings (SSSR count). The van der Waals surface area contributed by atoms with E-state index in [2.05, 4.69) is 4.98 Å². The maximum Gasteiger partial charge on any atom is 0.436 e. The number of alkyl halides is 3. The molecular formula is C21H17ClF3N3OS. The van der Waals surface area contributed by atoms with Crippen molar-refractivity contribution in [1.82, 2.24) is 9.55 Å². The lowest BCUT2D eigenvalue weighted by atomic mass is 10.2. The first-order chi connectivity index (χ1) is 14.3. The van der Waals surface area contributed by atoms with Crippen LogP contribution in [0.5, 0.6) is 0 Å². The minimum absolute atomic E-state index is 0.0833. The zero-order valence-electron chi connectivity index (χ0n) is 15.9. The maximum absolute atomic E-state index is 13.7. The van der Waals surface area contributed by atoms with E-state index >= 15 is 0 Å². The molecule has 0 spiro atoms. The number of rotatable bonds is 7. The van der Waals surface area contributed by atoms with E-state index in [9.17, 15) is 18.4 Å². The van der Waals surface area contributed by atoms with Crippen molar-refractivity contribution >= 4 is 23.4 Å². The molecule has 0 saturated carbocycles. The minimum atomic E-state index is -4.66. The van der Waals surface area contributed by atoms with Crippen molar-refractivity contribution in [1.29, 1.82) is 5.26 Å². The van der Waals surface area contributed by atoms with Gasteiger partial charge in [-0.1, -0.05) is 59.8 Å². The van der Waals surface area contributed by atoms with Crippen molar-refractivity contribution in [3.05, 3.63) is 76.2 Å². The molecule has 1 aromatic heterocycles. The molecule has 3 aromatic rings. The van der Waals surface area contributed by atoms with E-state index in [4.69, 9.17) is 16.3 Å². The smallest absolute Gasteiger partial charge is 0.369 e. The number of halogens is 4. The molecule has 2 aromatic carbocycles. The lowest BCUT2D eigenvalue weighted by Crippen LogP contribution is -2.08. The molecule has 0 aliphatic carbocycles. The van der Waals surface area contributed by atoms with Gasteiger partial charge in [0.05, 0.1) is 22.1 Å². The Morgan fingerprint density at radius 2 is 1.87 bits per heavy atom. The van der Waals surface area contributed by atoms with Gasteiger partial charge in [-0.2, -0.15) is 18.4 Å². The molecule has 0 aliphatic heterocycles. The third-order valence-electron chi connectivity index (χ3n) is 4.21. The molecule has 0 aliphatic rings. The molecule has 0 unspecified atom stereocenters. The Hall–Kier alpha value is -2.47. The third kappa shape index (κ3) is 4.98. The number of ether oxygens (including phenoxy) is 1. The van der Waals surface area contributed by atoms with Crippen LogP contribution in [-0.2, 0) is 30.7 Å². The second kappa shape index (κ2) is 9.56. The minimum Gasteiger partial charge on any atom is -0.369 e. The molecule has 0 fully saturated rings. The number of hydrogen-bond donors (Lipinski definition) is 0. The maximum atomic E-state index is 13.7. The number of aromatic nitrogens is 2. The van der Waals surface area contributed by atoms with Crippen LogP contribution in [0.2, 0.25) is 5.02 Å². The predicted molar refractivity (Wildman–Crippen MR) is 108 cm³/mol. The molecule has 156 valence electrons. The Kier molecular flexibility index (Phi) is 7.08. The summed E-state index contributed by atoms with van der Waals surface area (Å²) in [5.41, 5.74) is 0.0929. The summed E-state index contributed by atoms with van der Waals surface area (Å²) in [5.74, 6) is 0.161. The molecular weight excluding hydrogens is 435 g/mol. The zero-order valence-corrected chi connectivity index (χ0v) is 17.5.